The van der Waals surface area contributed by atoms with Crippen molar-refractivity contribution in [3.05, 3.63) is 40.7 Å². The van der Waals surface area contributed by atoms with Gasteiger partial charge in [-0.3, -0.25) is 19.2 Å². The fraction of sp³-hybridized carbons (Fsp3) is 0.526. The summed E-state index contributed by atoms with van der Waals surface area (Å²) in [6, 6.07) is 7.40. The molecular weight excluding hydrogens is 316 g/mol. The number of piperazine rings is 1. The Labute approximate surface area is 148 Å². The second-order valence-corrected chi connectivity index (χ2v) is 7.07. The van der Waals surface area contributed by atoms with Crippen LogP contribution in [0.1, 0.15) is 20.3 Å². The van der Waals surface area contributed by atoms with E-state index < -0.39 is 0 Å². The van der Waals surface area contributed by atoms with Crippen molar-refractivity contribution < 1.29 is 4.79 Å². The molecule has 0 radical (unpaired) electrons. The number of rotatable bonds is 5. The maximum Gasteiger partial charge on any atom is 0.224 e. The van der Waals surface area contributed by atoms with E-state index in [0.29, 0.717) is 24.3 Å². The van der Waals surface area contributed by atoms with Crippen LogP contribution in [-0.2, 0) is 11.3 Å². The van der Waals surface area contributed by atoms with Crippen LogP contribution >= 0.6 is 0 Å². The van der Waals surface area contributed by atoms with Crippen molar-refractivity contribution in [2.24, 2.45) is 5.92 Å². The van der Waals surface area contributed by atoms with Crippen LogP contribution < -0.4 is 5.43 Å². The molecule has 6 heteroatoms. The summed E-state index contributed by atoms with van der Waals surface area (Å²) in [5.41, 5.74) is 0.698. The fourth-order valence-corrected chi connectivity index (χ4v) is 3.40. The topological polar surface area (TPSA) is 58.4 Å². The van der Waals surface area contributed by atoms with Gasteiger partial charge in [-0.2, -0.15) is 5.10 Å². The predicted octanol–water partition coefficient (Wildman–Crippen LogP) is 1.59. The van der Waals surface area contributed by atoms with Crippen molar-refractivity contribution in [2.75, 3.05) is 32.7 Å². The van der Waals surface area contributed by atoms with Crippen molar-refractivity contribution in [3.63, 3.8) is 0 Å². The highest BCUT2D eigenvalue weighted by atomic mass is 16.2. The van der Waals surface area contributed by atoms with Gasteiger partial charge in [0.15, 0.2) is 0 Å². The van der Waals surface area contributed by atoms with Crippen LogP contribution in [0.15, 0.2) is 35.3 Å². The molecule has 0 aliphatic carbocycles. The number of aromatic nitrogens is 2. The van der Waals surface area contributed by atoms with E-state index in [9.17, 15) is 9.59 Å². The molecule has 0 spiro atoms. The van der Waals surface area contributed by atoms with Crippen LogP contribution in [0.25, 0.3) is 10.9 Å². The highest BCUT2D eigenvalue weighted by molar-refractivity contribution is 5.79. The maximum absolute atomic E-state index is 12.5. The molecular formula is C19H26N4O2. The first kappa shape index (κ1) is 17.6. The van der Waals surface area contributed by atoms with Crippen LogP contribution in [0.3, 0.4) is 0 Å². The number of nitrogens with zero attached hydrogens (tertiary/aromatic N) is 4. The number of carbonyl (C=O) groups is 1. The van der Waals surface area contributed by atoms with Crippen LogP contribution in [0.2, 0.25) is 0 Å². The van der Waals surface area contributed by atoms with E-state index in [1.807, 2.05) is 23.1 Å². The minimum Gasteiger partial charge on any atom is -0.340 e. The smallest absolute Gasteiger partial charge is 0.224 e. The molecule has 25 heavy (non-hydrogen) atoms. The molecule has 1 aromatic heterocycles. The molecule has 134 valence electrons. The van der Waals surface area contributed by atoms with Crippen molar-refractivity contribution in [1.82, 2.24) is 19.6 Å². The van der Waals surface area contributed by atoms with Crippen LogP contribution in [-0.4, -0.2) is 58.2 Å². The van der Waals surface area contributed by atoms with E-state index in [0.717, 1.165) is 38.2 Å². The van der Waals surface area contributed by atoms with E-state index in [2.05, 4.69) is 23.8 Å². The Morgan fingerprint density at radius 2 is 1.88 bits per heavy atom. The number of para-hydroxylation sites is 1. The summed E-state index contributed by atoms with van der Waals surface area (Å²) < 4.78 is 1.75. The van der Waals surface area contributed by atoms with Crippen LogP contribution in [0, 0.1) is 5.92 Å². The third kappa shape index (κ3) is 4.25. The highest BCUT2D eigenvalue weighted by Crippen LogP contribution is 2.10. The van der Waals surface area contributed by atoms with E-state index in [-0.39, 0.29) is 11.3 Å². The molecule has 1 amide bonds. The Kier molecular flexibility index (Phi) is 5.48. The molecule has 6 nitrogen and oxygen atoms in total. The summed E-state index contributed by atoms with van der Waals surface area (Å²) in [4.78, 5) is 28.7. The lowest BCUT2D eigenvalue weighted by atomic mass is 10.2. The molecule has 1 aromatic carbocycles. The first-order valence-electron chi connectivity index (χ1n) is 8.99. The van der Waals surface area contributed by atoms with Gasteiger partial charge in [-0.05, 0) is 18.1 Å². The number of hydrogen-bond donors (Lipinski definition) is 0. The molecule has 1 saturated heterocycles. The lowest BCUT2D eigenvalue weighted by molar-refractivity contribution is -0.133. The maximum atomic E-state index is 12.5. The number of fused-ring (bicyclic) bond motifs is 1. The lowest BCUT2D eigenvalue weighted by Crippen LogP contribution is -2.49. The minimum absolute atomic E-state index is 0.0838. The monoisotopic (exact) mass is 342 g/mol. The molecule has 0 N–H and O–H groups in total. The standard InChI is InChI=1S/C19H26N4O2/c1-15(2)14-21-9-11-22(12-10-21)19(25)7-8-23-17-6-4-3-5-16(17)18(24)13-20-23/h3-6,13,15H,7-12,14H2,1-2H3. The Morgan fingerprint density at radius 1 is 1.16 bits per heavy atom. The van der Waals surface area contributed by atoms with Crippen molar-refractivity contribution in [2.45, 2.75) is 26.8 Å². The Hall–Kier alpha value is -2.21. The number of carbonyl (C=O) groups excluding carboxylic acids is 1. The van der Waals surface area contributed by atoms with Gasteiger partial charge >= 0.3 is 0 Å². The zero-order valence-electron chi connectivity index (χ0n) is 15.0. The summed E-state index contributed by atoms with van der Waals surface area (Å²) in [6.07, 6.45) is 1.74. The summed E-state index contributed by atoms with van der Waals surface area (Å²) in [5.74, 6) is 0.816. The van der Waals surface area contributed by atoms with Crippen LogP contribution in [0.4, 0.5) is 0 Å². The van der Waals surface area contributed by atoms with Gasteiger partial charge in [-0.15, -0.1) is 0 Å². The van der Waals surface area contributed by atoms with E-state index in [1.165, 1.54) is 6.20 Å². The average Bonchev–Trinajstić information content (AvgIpc) is 2.61. The number of hydrogen-bond acceptors (Lipinski definition) is 4. The number of aryl methyl sites for hydroxylation is 1. The largest absolute Gasteiger partial charge is 0.340 e. The van der Waals surface area contributed by atoms with E-state index >= 15 is 0 Å². The summed E-state index contributed by atoms with van der Waals surface area (Å²) >= 11 is 0. The number of amides is 1. The molecule has 1 aliphatic rings. The van der Waals surface area contributed by atoms with Crippen molar-refractivity contribution in [3.8, 4) is 0 Å². The third-order valence-electron chi connectivity index (χ3n) is 4.65. The van der Waals surface area contributed by atoms with Gasteiger partial charge in [0.05, 0.1) is 18.3 Å². The first-order chi connectivity index (χ1) is 12.0. The molecule has 0 atom stereocenters. The third-order valence-corrected chi connectivity index (χ3v) is 4.65. The fourth-order valence-electron chi connectivity index (χ4n) is 3.40. The van der Waals surface area contributed by atoms with Gasteiger partial charge in [0.2, 0.25) is 11.3 Å². The zero-order valence-corrected chi connectivity index (χ0v) is 15.0. The Balaban J connectivity index is 1.59. The second-order valence-electron chi connectivity index (χ2n) is 7.07. The normalized spacial score (nSPS) is 15.9. The van der Waals surface area contributed by atoms with Gasteiger partial charge in [0, 0.05) is 44.5 Å². The van der Waals surface area contributed by atoms with Crippen molar-refractivity contribution >= 4 is 16.8 Å². The van der Waals surface area contributed by atoms with Gasteiger partial charge < -0.3 is 4.90 Å². The van der Waals surface area contributed by atoms with E-state index in [1.54, 1.807) is 10.7 Å². The SMILES string of the molecule is CC(C)CN1CCN(C(=O)CCn2ncc(=O)c3ccccc32)CC1. The van der Waals surface area contributed by atoms with Gasteiger partial charge in [0.25, 0.3) is 0 Å². The molecule has 3 rings (SSSR count). The molecule has 2 heterocycles. The molecule has 1 aliphatic heterocycles. The number of benzene rings is 1. The molecule has 0 saturated carbocycles. The van der Waals surface area contributed by atoms with Gasteiger partial charge in [0.1, 0.15) is 0 Å². The minimum atomic E-state index is -0.0838. The Morgan fingerprint density at radius 3 is 2.60 bits per heavy atom. The van der Waals surface area contributed by atoms with Gasteiger partial charge in [-0.1, -0.05) is 26.0 Å². The molecule has 2 aromatic rings. The average molecular weight is 342 g/mol. The predicted molar refractivity (Wildman–Crippen MR) is 98.5 cm³/mol. The first-order valence-corrected chi connectivity index (χ1v) is 8.99. The molecule has 1 fully saturated rings. The van der Waals surface area contributed by atoms with Crippen LogP contribution in [0.5, 0.6) is 0 Å². The lowest BCUT2D eigenvalue weighted by Gasteiger charge is -2.35. The van der Waals surface area contributed by atoms with Gasteiger partial charge in [-0.25, -0.2) is 0 Å². The quantitative estimate of drug-likeness (QED) is 0.828. The summed E-state index contributed by atoms with van der Waals surface area (Å²) in [6.45, 7) is 9.51. The summed E-state index contributed by atoms with van der Waals surface area (Å²) in [5, 5.41) is 4.84. The molecule has 0 bridgehead atoms. The summed E-state index contributed by atoms with van der Waals surface area (Å²) in [7, 11) is 0. The molecule has 0 unspecified atom stereocenters. The van der Waals surface area contributed by atoms with Crippen molar-refractivity contribution in [1.29, 1.82) is 0 Å². The highest BCUT2D eigenvalue weighted by Gasteiger charge is 2.21. The van der Waals surface area contributed by atoms with E-state index in [4.69, 9.17) is 0 Å². The zero-order chi connectivity index (χ0) is 17.8. The Bertz CT molecular complexity index is 791. The second kappa shape index (κ2) is 7.78.